The fraction of sp³-hybridized carbons (Fsp3) is 0.750. The summed E-state index contributed by atoms with van der Waals surface area (Å²) in [5, 5.41) is 0. The highest BCUT2D eigenvalue weighted by Crippen LogP contribution is 2.14. The minimum atomic E-state index is 0.141. The van der Waals surface area contributed by atoms with Gasteiger partial charge in [0.15, 0.2) is 0 Å². The first-order valence-electron chi connectivity index (χ1n) is 6.83. The number of anilines is 2. The lowest BCUT2D eigenvalue weighted by Crippen LogP contribution is -2.37. The molecule has 2 N–H and O–H groups in total. The highest BCUT2D eigenvalue weighted by atomic mass is 16.5. The number of nitrogen functional groups attached to an aromatic ring is 1. The van der Waals surface area contributed by atoms with E-state index < -0.39 is 0 Å². The minimum Gasteiger partial charge on any atom is -0.461 e. The Bertz CT molecular complexity index is 428. The number of methoxy groups -OCH3 is 1. The number of nitrogens with two attached hydrogens (primary N) is 1. The van der Waals surface area contributed by atoms with Crippen LogP contribution in [0.2, 0.25) is 0 Å². The van der Waals surface area contributed by atoms with Crippen LogP contribution in [0.15, 0.2) is 0 Å². The van der Waals surface area contributed by atoms with Crippen LogP contribution in [0.1, 0.15) is 0 Å². The summed E-state index contributed by atoms with van der Waals surface area (Å²) in [4.78, 5) is 14.3. The Hall–Kier alpha value is -1.71. The van der Waals surface area contributed by atoms with Gasteiger partial charge in [-0.15, -0.1) is 0 Å². The molecule has 0 spiro atoms. The molecule has 118 valence electrons. The third-order valence-corrected chi connectivity index (χ3v) is 2.80. The van der Waals surface area contributed by atoms with Crippen molar-refractivity contribution in [1.29, 1.82) is 0 Å². The van der Waals surface area contributed by atoms with Crippen molar-refractivity contribution in [2.45, 2.75) is 0 Å². The number of nitrogens with zero attached hydrogens (tertiary/aromatic N) is 4. The molecule has 1 aromatic heterocycles. The van der Waals surface area contributed by atoms with Gasteiger partial charge < -0.3 is 29.6 Å². The largest absolute Gasteiger partial charge is 0.461 e. The first kappa shape index (κ1) is 15.7. The van der Waals surface area contributed by atoms with E-state index in [0.717, 1.165) is 13.1 Å². The maximum absolute atomic E-state index is 5.69. The van der Waals surface area contributed by atoms with E-state index in [9.17, 15) is 0 Å². The molecule has 2 heterocycles. The van der Waals surface area contributed by atoms with Gasteiger partial charge in [-0.05, 0) is 0 Å². The van der Waals surface area contributed by atoms with E-state index in [1.807, 2.05) is 4.90 Å². The van der Waals surface area contributed by atoms with Crippen molar-refractivity contribution in [2.24, 2.45) is 0 Å². The van der Waals surface area contributed by atoms with Crippen molar-refractivity contribution in [3.63, 3.8) is 0 Å². The lowest BCUT2D eigenvalue weighted by atomic mass is 10.4. The second kappa shape index (κ2) is 8.55. The smallest absolute Gasteiger partial charge is 0.323 e. The van der Waals surface area contributed by atoms with Crippen LogP contribution in [-0.4, -0.2) is 74.8 Å². The van der Waals surface area contributed by atoms with Crippen LogP contribution in [0.5, 0.6) is 6.01 Å². The van der Waals surface area contributed by atoms with Gasteiger partial charge in [0.05, 0.1) is 33.0 Å². The number of aromatic nitrogens is 3. The van der Waals surface area contributed by atoms with E-state index in [2.05, 4.69) is 15.0 Å². The van der Waals surface area contributed by atoms with Crippen LogP contribution in [0, 0.1) is 0 Å². The van der Waals surface area contributed by atoms with Gasteiger partial charge in [0, 0.05) is 20.2 Å². The molecule has 21 heavy (non-hydrogen) atoms. The lowest BCUT2D eigenvalue weighted by molar-refractivity contribution is 0.0528. The van der Waals surface area contributed by atoms with Crippen LogP contribution in [-0.2, 0) is 14.2 Å². The topological polar surface area (TPSA) is 105 Å². The Kier molecular flexibility index (Phi) is 6.38. The summed E-state index contributed by atoms with van der Waals surface area (Å²) in [6, 6.07) is 0.208. The Morgan fingerprint density at radius 1 is 1.10 bits per heavy atom. The van der Waals surface area contributed by atoms with Crippen molar-refractivity contribution in [3.8, 4) is 6.01 Å². The average molecular weight is 299 g/mol. The van der Waals surface area contributed by atoms with E-state index in [1.54, 1.807) is 7.11 Å². The Labute approximate surface area is 123 Å². The van der Waals surface area contributed by atoms with Crippen LogP contribution >= 0.6 is 0 Å². The van der Waals surface area contributed by atoms with Crippen molar-refractivity contribution in [3.05, 3.63) is 0 Å². The summed E-state index contributed by atoms with van der Waals surface area (Å²) in [5.74, 6) is 0.655. The summed E-state index contributed by atoms with van der Waals surface area (Å²) < 4.78 is 20.9. The summed E-state index contributed by atoms with van der Waals surface area (Å²) >= 11 is 0. The van der Waals surface area contributed by atoms with Crippen molar-refractivity contribution in [1.82, 2.24) is 15.0 Å². The van der Waals surface area contributed by atoms with Gasteiger partial charge in [0.1, 0.15) is 6.61 Å². The normalized spacial score (nSPS) is 15.2. The van der Waals surface area contributed by atoms with Gasteiger partial charge in [0.25, 0.3) is 0 Å². The highest BCUT2D eigenvalue weighted by molar-refractivity contribution is 5.36. The molecule has 0 radical (unpaired) electrons. The molecule has 0 atom stereocenters. The number of ether oxygens (including phenoxy) is 4. The Morgan fingerprint density at radius 3 is 2.62 bits per heavy atom. The molecular weight excluding hydrogens is 278 g/mol. The highest BCUT2D eigenvalue weighted by Gasteiger charge is 2.16. The molecule has 1 aliphatic heterocycles. The SMILES string of the molecule is COCCOCCOc1nc(N)nc(N2CCOCC2)n1. The quantitative estimate of drug-likeness (QED) is 0.626. The molecule has 2 rings (SSSR count). The van der Waals surface area contributed by atoms with Gasteiger partial charge in [-0.25, -0.2) is 0 Å². The zero-order chi connectivity index (χ0) is 14.9. The zero-order valence-corrected chi connectivity index (χ0v) is 12.2. The summed E-state index contributed by atoms with van der Waals surface area (Å²) in [7, 11) is 1.63. The van der Waals surface area contributed by atoms with E-state index in [-0.39, 0.29) is 12.0 Å². The molecule has 0 bridgehead atoms. The van der Waals surface area contributed by atoms with Crippen molar-refractivity contribution in [2.75, 3.05) is 70.5 Å². The molecule has 0 unspecified atom stereocenters. The molecule has 1 fully saturated rings. The van der Waals surface area contributed by atoms with Crippen LogP contribution in [0.3, 0.4) is 0 Å². The molecule has 0 amide bonds. The third kappa shape index (κ3) is 5.29. The van der Waals surface area contributed by atoms with E-state index in [0.29, 0.717) is 45.6 Å². The summed E-state index contributed by atoms with van der Waals surface area (Å²) in [6.07, 6.45) is 0. The van der Waals surface area contributed by atoms with Gasteiger partial charge in [0.2, 0.25) is 11.9 Å². The number of morpholine rings is 1. The van der Waals surface area contributed by atoms with E-state index in [4.69, 9.17) is 24.7 Å². The van der Waals surface area contributed by atoms with Crippen LogP contribution < -0.4 is 15.4 Å². The Morgan fingerprint density at radius 2 is 1.86 bits per heavy atom. The Balaban J connectivity index is 1.83. The molecule has 9 nitrogen and oxygen atoms in total. The van der Waals surface area contributed by atoms with Gasteiger partial charge in [-0.3, -0.25) is 0 Å². The molecule has 0 aliphatic carbocycles. The molecule has 1 saturated heterocycles. The first-order chi connectivity index (χ1) is 10.3. The molecule has 9 heteroatoms. The fourth-order valence-electron chi connectivity index (χ4n) is 1.77. The first-order valence-corrected chi connectivity index (χ1v) is 6.83. The van der Waals surface area contributed by atoms with Crippen LogP contribution in [0.25, 0.3) is 0 Å². The van der Waals surface area contributed by atoms with E-state index >= 15 is 0 Å². The standard InChI is InChI=1S/C12H21N5O4/c1-18-6-7-20-8-9-21-12-15-10(13)14-11(16-12)17-2-4-19-5-3-17/h2-9H2,1H3,(H2,13,14,15,16). The van der Waals surface area contributed by atoms with Crippen molar-refractivity contribution >= 4 is 11.9 Å². The van der Waals surface area contributed by atoms with E-state index in [1.165, 1.54) is 0 Å². The average Bonchev–Trinajstić information content (AvgIpc) is 2.51. The number of hydrogen-bond donors (Lipinski definition) is 1. The zero-order valence-electron chi connectivity index (χ0n) is 12.2. The fourth-order valence-corrected chi connectivity index (χ4v) is 1.77. The number of rotatable bonds is 8. The predicted molar refractivity (Wildman–Crippen MR) is 75.5 cm³/mol. The van der Waals surface area contributed by atoms with Gasteiger partial charge in [-0.1, -0.05) is 0 Å². The third-order valence-electron chi connectivity index (χ3n) is 2.80. The molecule has 0 saturated carbocycles. The minimum absolute atomic E-state index is 0.141. The molecule has 0 aromatic carbocycles. The second-order valence-corrected chi connectivity index (χ2v) is 4.33. The van der Waals surface area contributed by atoms with Crippen LogP contribution in [0.4, 0.5) is 11.9 Å². The monoisotopic (exact) mass is 299 g/mol. The summed E-state index contributed by atoms with van der Waals surface area (Å²) in [6.45, 7) is 4.60. The maximum atomic E-state index is 5.69. The molecule has 1 aromatic rings. The molecule has 1 aliphatic rings. The van der Waals surface area contributed by atoms with Gasteiger partial charge >= 0.3 is 6.01 Å². The number of hydrogen-bond acceptors (Lipinski definition) is 9. The molecular formula is C12H21N5O4. The van der Waals surface area contributed by atoms with Crippen molar-refractivity contribution < 1.29 is 18.9 Å². The predicted octanol–water partition coefficient (Wildman–Crippen LogP) is -0.668. The second-order valence-electron chi connectivity index (χ2n) is 4.33. The van der Waals surface area contributed by atoms with Gasteiger partial charge in [-0.2, -0.15) is 15.0 Å². The lowest BCUT2D eigenvalue weighted by Gasteiger charge is -2.26. The summed E-state index contributed by atoms with van der Waals surface area (Å²) in [5.41, 5.74) is 5.69. The maximum Gasteiger partial charge on any atom is 0.323 e.